The third-order valence-electron chi connectivity index (χ3n) is 4.25. The number of aliphatic hydroxyl groups is 1. The molecule has 4 heteroatoms. The van der Waals surface area contributed by atoms with Gasteiger partial charge in [-0.2, -0.15) is 0 Å². The quantitative estimate of drug-likeness (QED) is 0.938. The number of aryl methyl sites for hydroxylation is 1. The molecule has 1 saturated heterocycles. The Balaban J connectivity index is 1.59. The second kappa shape index (κ2) is 7.68. The number of aromatic nitrogens is 1. The molecule has 1 atom stereocenters. The number of pyridine rings is 1. The summed E-state index contributed by atoms with van der Waals surface area (Å²) < 4.78 is 0. The van der Waals surface area contributed by atoms with E-state index >= 15 is 0 Å². The number of aliphatic hydroxyl groups excluding tert-OH is 1. The molecule has 4 nitrogen and oxygen atoms in total. The summed E-state index contributed by atoms with van der Waals surface area (Å²) in [6, 6.07) is 16.6. The fraction of sp³-hybridized carbons (Fsp3) is 0.421. The molecule has 1 aliphatic rings. The van der Waals surface area contributed by atoms with E-state index in [9.17, 15) is 5.11 Å². The van der Waals surface area contributed by atoms with Crippen LogP contribution in [0.15, 0.2) is 48.5 Å². The Kier molecular flexibility index (Phi) is 5.39. The van der Waals surface area contributed by atoms with Crippen LogP contribution in [0.5, 0.6) is 0 Å². The third kappa shape index (κ3) is 4.86. The second-order valence-corrected chi connectivity index (χ2v) is 6.38. The molecule has 23 heavy (non-hydrogen) atoms. The molecule has 0 saturated carbocycles. The highest BCUT2D eigenvalue weighted by Crippen LogP contribution is 2.11. The van der Waals surface area contributed by atoms with Crippen molar-refractivity contribution in [3.05, 3.63) is 65.5 Å². The maximum atomic E-state index is 10.3. The first kappa shape index (κ1) is 16.1. The first-order valence-electron chi connectivity index (χ1n) is 8.28. The summed E-state index contributed by atoms with van der Waals surface area (Å²) in [5, 5.41) is 10.3. The van der Waals surface area contributed by atoms with Crippen molar-refractivity contribution in [1.82, 2.24) is 14.8 Å². The van der Waals surface area contributed by atoms with Gasteiger partial charge in [0.2, 0.25) is 0 Å². The van der Waals surface area contributed by atoms with Gasteiger partial charge < -0.3 is 5.11 Å². The van der Waals surface area contributed by atoms with Crippen LogP contribution in [-0.2, 0) is 13.1 Å². The number of β-amino-alcohol motifs (C(OH)–C–C–N with tert-alkyl or cyclic N) is 1. The number of hydrogen-bond acceptors (Lipinski definition) is 4. The Bertz CT molecular complexity index is 617. The summed E-state index contributed by atoms with van der Waals surface area (Å²) in [4.78, 5) is 9.21. The molecular formula is C19H25N3O. The summed E-state index contributed by atoms with van der Waals surface area (Å²) in [5.74, 6) is 0. The predicted octanol–water partition coefficient (Wildman–Crippen LogP) is 2.07. The zero-order valence-electron chi connectivity index (χ0n) is 13.7. The van der Waals surface area contributed by atoms with E-state index in [-0.39, 0.29) is 6.10 Å². The normalized spacial score (nSPS) is 20.3. The highest BCUT2D eigenvalue weighted by Gasteiger charge is 2.21. The van der Waals surface area contributed by atoms with Gasteiger partial charge >= 0.3 is 0 Å². The van der Waals surface area contributed by atoms with Crippen molar-refractivity contribution in [3.8, 4) is 0 Å². The van der Waals surface area contributed by atoms with Crippen molar-refractivity contribution >= 4 is 0 Å². The average molecular weight is 311 g/mol. The molecule has 1 aliphatic heterocycles. The van der Waals surface area contributed by atoms with Crippen molar-refractivity contribution in [2.24, 2.45) is 0 Å². The predicted molar refractivity (Wildman–Crippen MR) is 92.0 cm³/mol. The maximum Gasteiger partial charge on any atom is 0.0794 e. The van der Waals surface area contributed by atoms with Crippen molar-refractivity contribution in [1.29, 1.82) is 0 Å². The van der Waals surface area contributed by atoms with Gasteiger partial charge in [0.1, 0.15) is 0 Å². The van der Waals surface area contributed by atoms with E-state index in [4.69, 9.17) is 0 Å². The molecule has 3 rings (SSSR count). The minimum Gasteiger partial charge on any atom is -0.390 e. The lowest BCUT2D eigenvalue weighted by molar-refractivity contribution is 0.105. The summed E-state index contributed by atoms with van der Waals surface area (Å²) >= 11 is 0. The molecule has 1 fully saturated rings. The van der Waals surface area contributed by atoms with Gasteiger partial charge in [-0.25, -0.2) is 0 Å². The third-order valence-corrected chi connectivity index (χ3v) is 4.25. The molecule has 0 radical (unpaired) electrons. The van der Waals surface area contributed by atoms with Crippen molar-refractivity contribution < 1.29 is 5.11 Å². The number of benzene rings is 1. The Hall–Kier alpha value is -1.75. The van der Waals surface area contributed by atoms with Gasteiger partial charge in [-0.3, -0.25) is 14.8 Å². The van der Waals surface area contributed by atoms with Crippen molar-refractivity contribution in [3.63, 3.8) is 0 Å². The molecule has 1 N–H and O–H groups in total. The van der Waals surface area contributed by atoms with Gasteiger partial charge in [-0.05, 0) is 24.6 Å². The van der Waals surface area contributed by atoms with Crippen molar-refractivity contribution in [2.45, 2.75) is 26.1 Å². The van der Waals surface area contributed by atoms with Crippen LogP contribution >= 0.6 is 0 Å². The van der Waals surface area contributed by atoms with Crippen LogP contribution in [0.25, 0.3) is 0 Å². The molecule has 122 valence electrons. The van der Waals surface area contributed by atoms with Gasteiger partial charge in [0.25, 0.3) is 0 Å². The number of nitrogens with zero attached hydrogens (tertiary/aromatic N) is 3. The monoisotopic (exact) mass is 311 g/mol. The molecule has 1 aromatic heterocycles. The van der Waals surface area contributed by atoms with Crippen LogP contribution in [0.2, 0.25) is 0 Å². The second-order valence-electron chi connectivity index (χ2n) is 6.38. The molecule has 2 aromatic rings. The SMILES string of the molecule is Cc1cccc(CN2CCN(Cc3ccccc3)C[C@H](O)C2)n1. The van der Waals surface area contributed by atoms with Crippen LogP contribution in [0, 0.1) is 6.92 Å². The van der Waals surface area contributed by atoms with Gasteiger partial charge in [0, 0.05) is 45.0 Å². The largest absolute Gasteiger partial charge is 0.390 e. The lowest BCUT2D eigenvalue weighted by Crippen LogP contribution is -2.33. The number of rotatable bonds is 4. The first-order valence-corrected chi connectivity index (χ1v) is 8.28. The smallest absolute Gasteiger partial charge is 0.0794 e. The molecule has 0 amide bonds. The standard InChI is InChI=1S/C19H25N3O/c1-16-6-5-9-18(20-16)13-22-11-10-21(14-19(23)15-22)12-17-7-3-2-4-8-17/h2-9,19,23H,10-15H2,1H3/t19-/m0/s1. The summed E-state index contributed by atoms with van der Waals surface area (Å²) in [6.45, 7) is 7.08. The Morgan fingerprint density at radius 1 is 0.957 bits per heavy atom. The molecule has 0 unspecified atom stereocenters. The van der Waals surface area contributed by atoms with E-state index in [1.807, 2.05) is 25.1 Å². The molecule has 0 aliphatic carbocycles. The minimum atomic E-state index is -0.314. The Labute approximate surface area is 138 Å². The van der Waals surface area contributed by atoms with E-state index < -0.39 is 0 Å². The van der Waals surface area contributed by atoms with E-state index in [1.165, 1.54) is 5.56 Å². The molecule has 1 aromatic carbocycles. The fourth-order valence-corrected chi connectivity index (χ4v) is 3.16. The highest BCUT2D eigenvalue weighted by molar-refractivity contribution is 5.14. The zero-order chi connectivity index (χ0) is 16.1. The van der Waals surface area contributed by atoms with Crippen LogP contribution < -0.4 is 0 Å². The van der Waals surface area contributed by atoms with Gasteiger partial charge in [-0.1, -0.05) is 36.4 Å². The van der Waals surface area contributed by atoms with Gasteiger partial charge in [-0.15, -0.1) is 0 Å². The van der Waals surface area contributed by atoms with Gasteiger partial charge in [0.05, 0.1) is 11.8 Å². The molecule has 0 spiro atoms. The van der Waals surface area contributed by atoms with Crippen molar-refractivity contribution in [2.75, 3.05) is 26.2 Å². The zero-order valence-corrected chi connectivity index (χ0v) is 13.7. The molecule has 2 heterocycles. The molecule has 0 bridgehead atoms. The number of hydrogen-bond donors (Lipinski definition) is 1. The van der Waals surface area contributed by atoms with Gasteiger partial charge in [0.15, 0.2) is 0 Å². The van der Waals surface area contributed by atoms with E-state index in [0.717, 1.165) is 44.1 Å². The van der Waals surface area contributed by atoms with Crippen LogP contribution in [0.3, 0.4) is 0 Å². The summed E-state index contributed by atoms with van der Waals surface area (Å²) in [5.41, 5.74) is 3.42. The Morgan fingerprint density at radius 2 is 1.65 bits per heavy atom. The first-order chi connectivity index (χ1) is 11.2. The summed E-state index contributed by atoms with van der Waals surface area (Å²) in [6.07, 6.45) is -0.314. The highest BCUT2D eigenvalue weighted by atomic mass is 16.3. The average Bonchev–Trinajstić information content (AvgIpc) is 2.69. The topological polar surface area (TPSA) is 39.6 Å². The van der Waals surface area contributed by atoms with E-state index in [2.05, 4.69) is 45.1 Å². The van der Waals surface area contributed by atoms with E-state index in [1.54, 1.807) is 0 Å². The summed E-state index contributed by atoms with van der Waals surface area (Å²) in [7, 11) is 0. The van der Waals surface area contributed by atoms with Crippen LogP contribution in [-0.4, -0.2) is 52.2 Å². The lowest BCUT2D eigenvalue weighted by atomic mass is 10.2. The minimum absolute atomic E-state index is 0.314. The Morgan fingerprint density at radius 3 is 2.35 bits per heavy atom. The molecular weight excluding hydrogens is 286 g/mol. The maximum absolute atomic E-state index is 10.3. The van der Waals surface area contributed by atoms with Crippen LogP contribution in [0.1, 0.15) is 17.0 Å². The van der Waals surface area contributed by atoms with Crippen LogP contribution in [0.4, 0.5) is 0 Å². The fourth-order valence-electron chi connectivity index (χ4n) is 3.16. The lowest BCUT2D eigenvalue weighted by Gasteiger charge is -2.21. The van der Waals surface area contributed by atoms with E-state index in [0.29, 0.717) is 6.54 Å².